The fourth-order valence-electron chi connectivity index (χ4n) is 1.98. The molecule has 1 aromatic carbocycles. The van der Waals surface area contributed by atoms with Gasteiger partial charge in [0.1, 0.15) is 17.7 Å². The minimum Gasteiger partial charge on any atom is -0.339 e. The van der Waals surface area contributed by atoms with Gasteiger partial charge in [-0.25, -0.2) is 9.37 Å². The quantitative estimate of drug-likeness (QED) is 0.878. The van der Waals surface area contributed by atoms with Crippen LogP contribution in [0, 0.1) is 37.9 Å². The van der Waals surface area contributed by atoms with Crippen molar-refractivity contribution in [1.29, 1.82) is 5.26 Å². The average molecular weight is 334 g/mol. The van der Waals surface area contributed by atoms with Crippen molar-refractivity contribution in [2.45, 2.75) is 20.8 Å². The van der Waals surface area contributed by atoms with Gasteiger partial charge in [-0.2, -0.15) is 5.26 Å². The van der Waals surface area contributed by atoms with Gasteiger partial charge in [0, 0.05) is 11.4 Å². The molecule has 1 heterocycles. The molecule has 1 aromatic heterocycles. The number of pyridine rings is 1. The second kappa shape index (κ2) is 5.59. The van der Waals surface area contributed by atoms with E-state index in [-0.39, 0.29) is 5.82 Å². The van der Waals surface area contributed by atoms with E-state index in [1.807, 2.05) is 26.8 Å². The molecule has 102 valence electrons. The zero-order valence-corrected chi connectivity index (χ0v) is 13.0. The van der Waals surface area contributed by atoms with Crippen LogP contribution in [0.2, 0.25) is 0 Å². The normalized spacial score (nSPS) is 10.2. The van der Waals surface area contributed by atoms with Crippen LogP contribution in [0.3, 0.4) is 0 Å². The number of aromatic nitrogens is 1. The van der Waals surface area contributed by atoms with Gasteiger partial charge in [0.05, 0.1) is 10.0 Å². The number of nitrogens with one attached hydrogen (secondary N) is 1. The zero-order chi connectivity index (χ0) is 14.9. The number of anilines is 2. The first kappa shape index (κ1) is 14.5. The maximum Gasteiger partial charge on any atom is 0.148 e. The van der Waals surface area contributed by atoms with Crippen molar-refractivity contribution in [3.05, 3.63) is 50.9 Å². The first-order valence-corrected chi connectivity index (χ1v) is 6.82. The molecular weight excluding hydrogens is 321 g/mol. The third-order valence-electron chi connectivity index (χ3n) is 2.98. The minimum atomic E-state index is -0.360. The van der Waals surface area contributed by atoms with E-state index in [0.29, 0.717) is 21.5 Å². The Morgan fingerprint density at radius 3 is 2.55 bits per heavy atom. The summed E-state index contributed by atoms with van der Waals surface area (Å²) in [6.45, 7) is 5.57. The predicted molar refractivity (Wildman–Crippen MR) is 80.5 cm³/mol. The maximum absolute atomic E-state index is 13.6. The summed E-state index contributed by atoms with van der Waals surface area (Å²) in [7, 11) is 0. The fraction of sp³-hybridized carbons (Fsp3) is 0.200. The Morgan fingerprint density at radius 1 is 1.20 bits per heavy atom. The van der Waals surface area contributed by atoms with Crippen LogP contribution in [0.1, 0.15) is 22.4 Å². The molecule has 0 saturated heterocycles. The van der Waals surface area contributed by atoms with E-state index in [2.05, 4.69) is 32.3 Å². The Morgan fingerprint density at radius 2 is 1.90 bits per heavy atom. The molecule has 0 aliphatic heterocycles. The van der Waals surface area contributed by atoms with Gasteiger partial charge < -0.3 is 5.32 Å². The van der Waals surface area contributed by atoms with Crippen LogP contribution in [0.15, 0.2) is 22.7 Å². The van der Waals surface area contributed by atoms with E-state index in [4.69, 9.17) is 0 Å². The van der Waals surface area contributed by atoms with Crippen molar-refractivity contribution < 1.29 is 4.39 Å². The van der Waals surface area contributed by atoms with E-state index in [1.165, 1.54) is 6.07 Å². The number of halogens is 2. The van der Waals surface area contributed by atoms with Crippen LogP contribution in [0.5, 0.6) is 0 Å². The number of benzene rings is 1. The summed E-state index contributed by atoms with van der Waals surface area (Å²) in [6, 6.07) is 7.05. The lowest BCUT2D eigenvalue weighted by atomic mass is 10.1. The number of rotatable bonds is 2. The summed E-state index contributed by atoms with van der Waals surface area (Å²) >= 11 is 3.15. The highest BCUT2D eigenvalue weighted by Gasteiger charge is 2.11. The van der Waals surface area contributed by atoms with Gasteiger partial charge in [-0.1, -0.05) is 0 Å². The van der Waals surface area contributed by atoms with Gasteiger partial charge in [-0.15, -0.1) is 0 Å². The van der Waals surface area contributed by atoms with Gasteiger partial charge in [0.15, 0.2) is 0 Å². The fourth-order valence-corrected chi connectivity index (χ4v) is 2.43. The molecule has 1 N–H and O–H groups in total. The van der Waals surface area contributed by atoms with Crippen molar-refractivity contribution in [2.75, 3.05) is 5.32 Å². The van der Waals surface area contributed by atoms with Gasteiger partial charge in [-0.05, 0) is 66.0 Å². The summed E-state index contributed by atoms with van der Waals surface area (Å²) in [5.41, 5.74) is 3.58. The second-order valence-electron chi connectivity index (χ2n) is 4.62. The van der Waals surface area contributed by atoms with E-state index in [9.17, 15) is 9.65 Å². The lowest BCUT2D eigenvalue weighted by Crippen LogP contribution is -2.02. The predicted octanol–water partition coefficient (Wildman–Crippen LogP) is 4.52. The molecule has 0 bridgehead atoms. The van der Waals surface area contributed by atoms with Crippen LogP contribution in [-0.4, -0.2) is 4.98 Å². The topological polar surface area (TPSA) is 48.7 Å². The van der Waals surface area contributed by atoms with Gasteiger partial charge in [0.25, 0.3) is 0 Å². The van der Waals surface area contributed by atoms with E-state index >= 15 is 0 Å². The maximum atomic E-state index is 13.6. The van der Waals surface area contributed by atoms with Gasteiger partial charge in [-0.3, -0.25) is 0 Å². The smallest absolute Gasteiger partial charge is 0.148 e. The Labute approximate surface area is 125 Å². The standard InChI is InChI=1S/C15H13BrFN3/c1-8-4-10(3)19-15(11(8)7-18)20-14-6-13(17)12(16)5-9(14)2/h4-6H,1-3H3,(H,19,20). The zero-order valence-electron chi connectivity index (χ0n) is 11.4. The molecule has 0 aliphatic rings. The molecule has 0 spiro atoms. The van der Waals surface area contributed by atoms with E-state index in [1.54, 1.807) is 6.07 Å². The lowest BCUT2D eigenvalue weighted by Gasteiger charge is -2.13. The third kappa shape index (κ3) is 2.81. The summed E-state index contributed by atoms with van der Waals surface area (Å²) in [6.07, 6.45) is 0. The molecular formula is C15H13BrFN3. The second-order valence-corrected chi connectivity index (χ2v) is 5.48. The van der Waals surface area contributed by atoms with Crippen molar-refractivity contribution in [3.8, 4) is 6.07 Å². The summed E-state index contributed by atoms with van der Waals surface area (Å²) in [4.78, 5) is 4.33. The van der Waals surface area contributed by atoms with E-state index in [0.717, 1.165) is 16.8 Å². The molecule has 0 atom stereocenters. The summed E-state index contributed by atoms with van der Waals surface area (Å²) in [5.74, 6) is 0.0933. The van der Waals surface area contributed by atoms with Gasteiger partial charge >= 0.3 is 0 Å². The van der Waals surface area contributed by atoms with Crippen molar-refractivity contribution in [1.82, 2.24) is 4.98 Å². The highest BCUT2D eigenvalue weighted by molar-refractivity contribution is 9.10. The molecule has 2 rings (SSSR count). The molecule has 0 saturated carbocycles. The number of hydrogen-bond acceptors (Lipinski definition) is 3. The molecule has 0 fully saturated rings. The largest absolute Gasteiger partial charge is 0.339 e. The Kier molecular flexibility index (Phi) is 4.05. The molecule has 3 nitrogen and oxygen atoms in total. The molecule has 0 radical (unpaired) electrons. The Hall–Kier alpha value is -1.93. The summed E-state index contributed by atoms with van der Waals surface area (Å²) < 4.78 is 14.0. The number of hydrogen-bond donors (Lipinski definition) is 1. The Balaban J connectivity index is 2.51. The third-order valence-corrected chi connectivity index (χ3v) is 3.58. The van der Waals surface area contributed by atoms with Crippen LogP contribution in [0.25, 0.3) is 0 Å². The molecule has 0 amide bonds. The molecule has 0 unspecified atom stereocenters. The van der Waals surface area contributed by atoms with Crippen molar-refractivity contribution >= 4 is 27.4 Å². The molecule has 20 heavy (non-hydrogen) atoms. The van der Waals surface area contributed by atoms with Crippen molar-refractivity contribution in [3.63, 3.8) is 0 Å². The van der Waals surface area contributed by atoms with Crippen molar-refractivity contribution in [2.24, 2.45) is 0 Å². The molecule has 2 aromatic rings. The van der Waals surface area contributed by atoms with Gasteiger partial charge in [0.2, 0.25) is 0 Å². The van der Waals surface area contributed by atoms with Crippen LogP contribution in [-0.2, 0) is 0 Å². The monoisotopic (exact) mass is 333 g/mol. The number of nitriles is 1. The Bertz CT molecular complexity index is 720. The minimum absolute atomic E-state index is 0.360. The van der Waals surface area contributed by atoms with Crippen LogP contribution in [0.4, 0.5) is 15.9 Å². The number of nitrogens with zero attached hydrogens (tertiary/aromatic N) is 2. The first-order chi connectivity index (χ1) is 9.42. The highest BCUT2D eigenvalue weighted by atomic mass is 79.9. The number of aryl methyl sites for hydroxylation is 3. The summed E-state index contributed by atoms with van der Waals surface area (Å²) in [5, 5.41) is 12.3. The van der Waals surface area contributed by atoms with E-state index < -0.39 is 0 Å². The average Bonchev–Trinajstić information content (AvgIpc) is 2.35. The molecule has 5 heteroatoms. The van der Waals surface area contributed by atoms with Crippen LogP contribution < -0.4 is 5.32 Å². The lowest BCUT2D eigenvalue weighted by molar-refractivity contribution is 0.621. The SMILES string of the molecule is Cc1cc(C)c(C#N)c(Nc2cc(F)c(Br)cc2C)n1. The highest BCUT2D eigenvalue weighted by Crippen LogP contribution is 2.28. The van der Waals surface area contributed by atoms with Crippen LogP contribution >= 0.6 is 15.9 Å². The molecule has 0 aliphatic carbocycles. The first-order valence-electron chi connectivity index (χ1n) is 6.03.